The topological polar surface area (TPSA) is 30.7 Å². The first-order chi connectivity index (χ1) is 8.76. The Balaban J connectivity index is 2.14. The third-order valence-corrected chi connectivity index (χ3v) is 3.20. The van der Waals surface area contributed by atoms with Crippen LogP contribution in [0.3, 0.4) is 0 Å². The van der Waals surface area contributed by atoms with Crippen LogP contribution in [0, 0.1) is 0 Å². The van der Waals surface area contributed by atoms with Crippen LogP contribution in [0.5, 0.6) is 0 Å². The second kappa shape index (κ2) is 4.26. The van der Waals surface area contributed by atoms with E-state index in [1.54, 1.807) is 4.68 Å². The first-order valence-electron chi connectivity index (χ1n) is 6.14. The Morgan fingerprint density at radius 1 is 1.11 bits per heavy atom. The zero-order valence-electron chi connectivity index (χ0n) is 10.6. The Morgan fingerprint density at radius 3 is 2.72 bits per heavy atom. The van der Waals surface area contributed by atoms with E-state index in [1.165, 1.54) is 16.3 Å². The second-order valence-corrected chi connectivity index (χ2v) is 4.51. The number of hydrogen-bond acceptors (Lipinski definition) is 2. The molecule has 0 amide bonds. The standard InChI is InChI=1S/C15H15N3/c1-3-11-4-5-12-8-16-15(7-13(12)6-11)14-9-17-18(2)10-14/h4-10H,3H2,1-2H3. The molecule has 0 aliphatic carbocycles. The Bertz CT molecular complexity index is 698. The molecule has 3 heteroatoms. The van der Waals surface area contributed by atoms with Gasteiger partial charge in [-0.1, -0.05) is 25.1 Å². The Hall–Kier alpha value is -2.16. The largest absolute Gasteiger partial charge is 0.275 e. The maximum atomic E-state index is 4.49. The van der Waals surface area contributed by atoms with Crippen molar-refractivity contribution in [3.63, 3.8) is 0 Å². The average molecular weight is 237 g/mol. The molecule has 2 heterocycles. The molecule has 3 nitrogen and oxygen atoms in total. The fraction of sp³-hybridized carbons (Fsp3) is 0.200. The molecule has 0 atom stereocenters. The van der Waals surface area contributed by atoms with Gasteiger partial charge in [0, 0.05) is 30.4 Å². The molecule has 0 fully saturated rings. The van der Waals surface area contributed by atoms with Crippen molar-refractivity contribution >= 4 is 10.8 Å². The molecule has 2 aromatic heterocycles. The van der Waals surface area contributed by atoms with Crippen LogP contribution in [-0.4, -0.2) is 14.8 Å². The van der Waals surface area contributed by atoms with E-state index in [1.807, 2.05) is 25.6 Å². The molecule has 0 saturated heterocycles. The summed E-state index contributed by atoms with van der Waals surface area (Å²) < 4.78 is 1.80. The van der Waals surface area contributed by atoms with E-state index in [4.69, 9.17) is 0 Å². The third-order valence-electron chi connectivity index (χ3n) is 3.20. The van der Waals surface area contributed by atoms with Gasteiger partial charge in [-0.2, -0.15) is 5.10 Å². The summed E-state index contributed by atoms with van der Waals surface area (Å²) in [6, 6.07) is 8.66. The van der Waals surface area contributed by atoms with Gasteiger partial charge in [-0.05, 0) is 23.4 Å². The minimum atomic E-state index is 0.976. The molecule has 3 rings (SSSR count). The van der Waals surface area contributed by atoms with E-state index in [9.17, 15) is 0 Å². The molecule has 18 heavy (non-hydrogen) atoms. The van der Waals surface area contributed by atoms with Crippen molar-refractivity contribution in [2.24, 2.45) is 7.05 Å². The molecule has 0 aliphatic heterocycles. The minimum absolute atomic E-state index is 0.976. The number of hydrogen-bond donors (Lipinski definition) is 0. The lowest BCUT2D eigenvalue weighted by Gasteiger charge is -2.03. The van der Waals surface area contributed by atoms with Gasteiger partial charge < -0.3 is 0 Å². The molecule has 0 radical (unpaired) electrons. The normalized spacial score (nSPS) is 11.0. The highest BCUT2D eigenvalue weighted by Gasteiger charge is 2.03. The number of pyridine rings is 1. The predicted molar refractivity (Wildman–Crippen MR) is 73.3 cm³/mol. The van der Waals surface area contributed by atoms with E-state index >= 15 is 0 Å². The van der Waals surface area contributed by atoms with Crippen molar-refractivity contribution in [2.45, 2.75) is 13.3 Å². The van der Waals surface area contributed by atoms with Crippen LogP contribution in [0.25, 0.3) is 22.0 Å². The Morgan fingerprint density at radius 2 is 2.00 bits per heavy atom. The van der Waals surface area contributed by atoms with Crippen molar-refractivity contribution < 1.29 is 0 Å². The van der Waals surface area contributed by atoms with Gasteiger partial charge in [-0.3, -0.25) is 9.67 Å². The number of aromatic nitrogens is 3. The second-order valence-electron chi connectivity index (χ2n) is 4.51. The van der Waals surface area contributed by atoms with Crippen LogP contribution in [0.2, 0.25) is 0 Å². The molecule has 0 bridgehead atoms. The van der Waals surface area contributed by atoms with Crippen molar-refractivity contribution in [2.75, 3.05) is 0 Å². The first kappa shape index (κ1) is 11.0. The van der Waals surface area contributed by atoms with E-state index in [0.29, 0.717) is 0 Å². The zero-order chi connectivity index (χ0) is 12.5. The van der Waals surface area contributed by atoms with E-state index in [0.717, 1.165) is 17.7 Å². The predicted octanol–water partition coefficient (Wildman–Crippen LogP) is 3.20. The molecule has 0 N–H and O–H groups in total. The molecular formula is C15H15N3. The number of aryl methyl sites for hydroxylation is 2. The molecule has 0 unspecified atom stereocenters. The highest BCUT2D eigenvalue weighted by atomic mass is 15.2. The van der Waals surface area contributed by atoms with E-state index in [-0.39, 0.29) is 0 Å². The van der Waals surface area contributed by atoms with Gasteiger partial charge in [0.05, 0.1) is 11.9 Å². The summed E-state index contributed by atoms with van der Waals surface area (Å²) >= 11 is 0. The molecular weight excluding hydrogens is 222 g/mol. The Labute approximate surface area is 106 Å². The summed E-state index contributed by atoms with van der Waals surface area (Å²) in [6.07, 6.45) is 6.81. The monoisotopic (exact) mass is 237 g/mol. The highest BCUT2D eigenvalue weighted by Crippen LogP contribution is 2.22. The maximum Gasteiger partial charge on any atom is 0.0739 e. The average Bonchev–Trinajstić information content (AvgIpc) is 2.84. The molecule has 90 valence electrons. The quantitative estimate of drug-likeness (QED) is 0.685. The summed E-state index contributed by atoms with van der Waals surface area (Å²) in [4.78, 5) is 4.49. The van der Waals surface area contributed by atoms with Crippen molar-refractivity contribution in [3.8, 4) is 11.3 Å². The lowest BCUT2D eigenvalue weighted by atomic mass is 10.1. The van der Waals surface area contributed by atoms with Crippen molar-refractivity contribution in [3.05, 3.63) is 48.4 Å². The van der Waals surface area contributed by atoms with E-state index in [2.05, 4.69) is 41.3 Å². The maximum absolute atomic E-state index is 4.49. The summed E-state index contributed by atoms with van der Waals surface area (Å²) in [5.41, 5.74) is 3.39. The molecule has 0 saturated carbocycles. The van der Waals surface area contributed by atoms with Crippen LogP contribution in [0.1, 0.15) is 12.5 Å². The fourth-order valence-electron chi connectivity index (χ4n) is 2.12. The van der Waals surface area contributed by atoms with Crippen LogP contribution >= 0.6 is 0 Å². The van der Waals surface area contributed by atoms with Gasteiger partial charge in [0.25, 0.3) is 0 Å². The van der Waals surface area contributed by atoms with Gasteiger partial charge >= 0.3 is 0 Å². The van der Waals surface area contributed by atoms with Crippen LogP contribution in [-0.2, 0) is 13.5 Å². The van der Waals surface area contributed by atoms with Gasteiger partial charge in [0.1, 0.15) is 0 Å². The Kier molecular flexibility index (Phi) is 2.59. The summed E-state index contributed by atoms with van der Waals surface area (Å²) in [6.45, 7) is 2.17. The number of benzene rings is 1. The van der Waals surface area contributed by atoms with Gasteiger partial charge in [-0.15, -0.1) is 0 Å². The molecule has 3 aromatic rings. The first-order valence-corrected chi connectivity index (χ1v) is 6.14. The molecule has 0 spiro atoms. The fourth-order valence-corrected chi connectivity index (χ4v) is 2.12. The smallest absolute Gasteiger partial charge is 0.0739 e. The van der Waals surface area contributed by atoms with E-state index < -0.39 is 0 Å². The lowest BCUT2D eigenvalue weighted by molar-refractivity contribution is 0.768. The van der Waals surface area contributed by atoms with Crippen molar-refractivity contribution in [1.82, 2.24) is 14.8 Å². The van der Waals surface area contributed by atoms with Crippen LogP contribution < -0.4 is 0 Å². The molecule has 1 aromatic carbocycles. The zero-order valence-corrected chi connectivity index (χ0v) is 10.6. The summed E-state index contributed by atoms with van der Waals surface area (Å²) in [7, 11) is 1.92. The third kappa shape index (κ3) is 1.88. The SMILES string of the molecule is CCc1ccc2cnc(-c3cnn(C)c3)cc2c1. The molecule has 0 aliphatic rings. The van der Waals surface area contributed by atoms with Gasteiger partial charge in [-0.25, -0.2) is 0 Å². The lowest BCUT2D eigenvalue weighted by Crippen LogP contribution is -1.86. The van der Waals surface area contributed by atoms with Crippen LogP contribution in [0.15, 0.2) is 42.9 Å². The highest BCUT2D eigenvalue weighted by molar-refractivity contribution is 5.85. The van der Waals surface area contributed by atoms with Gasteiger partial charge in [0.15, 0.2) is 0 Å². The summed E-state index contributed by atoms with van der Waals surface area (Å²) in [5, 5.41) is 6.60. The number of nitrogens with zero attached hydrogens (tertiary/aromatic N) is 3. The summed E-state index contributed by atoms with van der Waals surface area (Å²) in [5.74, 6) is 0. The van der Waals surface area contributed by atoms with Crippen molar-refractivity contribution in [1.29, 1.82) is 0 Å². The van der Waals surface area contributed by atoms with Crippen LogP contribution in [0.4, 0.5) is 0 Å². The minimum Gasteiger partial charge on any atom is -0.275 e. The number of rotatable bonds is 2. The number of fused-ring (bicyclic) bond motifs is 1. The van der Waals surface area contributed by atoms with Gasteiger partial charge in [0.2, 0.25) is 0 Å².